The normalized spacial score (nSPS) is 11.1. The fourth-order valence-electron chi connectivity index (χ4n) is 2.06. The van der Waals surface area contributed by atoms with Crippen LogP contribution in [-0.2, 0) is 0 Å². The summed E-state index contributed by atoms with van der Waals surface area (Å²) < 4.78 is 0. The lowest BCUT2D eigenvalue weighted by atomic mass is 10.1. The van der Waals surface area contributed by atoms with Crippen molar-refractivity contribution in [3.8, 4) is 11.4 Å². The van der Waals surface area contributed by atoms with Crippen molar-refractivity contribution in [2.24, 2.45) is 0 Å². The number of H-pyrrole nitrogens is 1. The third-order valence-corrected chi connectivity index (χ3v) is 3.28. The van der Waals surface area contributed by atoms with Gasteiger partial charge in [-0.25, -0.2) is 9.97 Å². The van der Waals surface area contributed by atoms with Gasteiger partial charge < -0.3 is 4.98 Å². The van der Waals surface area contributed by atoms with Crippen molar-refractivity contribution in [2.45, 2.75) is 13.8 Å². The van der Waals surface area contributed by atoms with Crippen LogP contribution in [0.1, 0.15) is 11.1 Å². The number of aryl methyl sites for hydroxylation is 2. The predicted octanol–water partition coefficient (Wildman–Crippen LogP) is 3.90. The molecule has 0 amide bonds. The standard InChI is InChI=1S/C14H12ClN3/c1-8-5-6-16-14-12(8)17-13(18-14)11-4-3-10(15)7-9(11)2/h3-7H,1-2H3,(H,16,17,18). The van der Waals surface area contributed by atoms with Crippen molar-refractivity contribution < 1.29 is 0 Å². The third kappa shape index (κ3) is 1.77. The summed E-state index contributed by atoms with van der Waals surface area (Å²) in [5.41, 5.74) is 5.03. The summed E-state index contributed by atoms with van der Waals surface area (Å²) in [7, 11) is 0. The number of nitrogens with zero attached hydrogens (tertiary/aromatic N) is 2. The number of rotatable bonds is 1. The third-order valence-electron chi connectivity index (χ3n) is 3.04. The predicted molar refractivity (Wildman–Crippen MR) is 73.8 cm³/mol. The van der Waals surface area contributed by atoms with Gasteiger partial charge in [-0.15, -0.1) is 0 Å². The van der Waals surface area contributed by atoms with Crippen LogP contribution in [-0.4, -0.2) is 15.0 Å². The maximum Gasteiger partial charge on any atom is 0.178 e. The summed E-state index contributed by atoms with van der Waals surface area (Å²) in [6.45, 7) is 4.06. The Hall–Kier alpha value is -1.87. The summed E-state index contributed by atoms with van der Waals surface area (Å²) in [5.74, 6) is 0.834. The first-order valence-electron chi connectivity index (χ1n) is 5.73. The summed E-state index contributed by atoms with van der Waals surface area (Å²) in [6.07, 6.45) is 1.77. The van der Waals surface area contributed by atoms with Crippen LogP contribution in [0.5, 0.6) is 0 Å². The Kier molecular flexibility index (Phi) is 2.56. The minimum absolute atomic E-state index is 0.738. The van der Waals surface area contributed by atoms with Gasteiger partial charge in [0, 0.05) is 16.8 Å². The van der Waals surface area contributed by atoms with Gasteiger partial charge in [0.2, 0.25) is 0 Å². The Morgan fingerprint density at radius 1 is 1.11 bits per heavy atom. The maximum atomic E-state index is 5.97. The van der Waals surface area contributed by atoms with E-state index < -0.39 is 0 Å². The highest BCUT2D eigenvalue weighted by Crippen LogP contribution is 2.26. The lowest BCUT2D eigenvalue weighted by Crippen LogP contribution is -1.85. The van der Waals surface area contributed by atoms with Crippen molar-refractivity contribution in [1.82, 2.24) is 15.0 Å². The van der Waals surface area contributed by atoms with E-state index in [9.17, 15) is 0 Å². The van der Waals surface area contributed by atoms with Crippen molar-refractivity contribution >= 4 is 22.8 Å². The number of aromatic nitrogens is 3. The lowest BCUT2D eigenvalue weighted by Gasteiger charge is -2.02. The summed E-state index contributed by atoms with van der Waals surface area (Å²) in [5, 5.41) is 0.738. The second-order valence-corrected chi connectivity index (χ2v) is 4.81. The summed E-state index contributed by atoms with van der Waals surface area (Å²) >= 11 is 5.97. The average Bonchev–Trinajstić information content (AvgIpc) is 2.74. The molecule has 3 rings (SSSR count). The Labute approximate surface area is 110 Å². The number of hydrogen-bond acceptors (Lipinski definition) is 2. The molecule has 0 aliphatic carbocycles. The molecule has 0 aliphatic heterocycles. The van der Waals surface area contributed by atoms with Gasteiger partial charge in [0.15, 0.2) is 5.65 Å². The molecule has 0 radical (unpaired) electrons. The molecular formula is C14H12ClN3. The second-order valence-electron chi connectivity index (χ2n) is 4.37. The van der Waals surface area contributed by atoms with Crippen LogP contribution in [0.3, 0.4) is 0 Å². The average molecular weight is 258 g/mol. The van der Waals surface area contributed by atoms with Gasteiger partial charge in [-0.1, -0.05) is 11.6 Å². The number of pyridine rings is 1. The molecule has 1 aromatic carbocycles. The van der Waals surface area contributed by atoms with Gasteiger partial charge in [0.25, 0.3) is 0 Å². The first-order chi connectivity index (χ1) is 8.65. The van der Waals surface area contributed by atoms with Gasteiger partial charge >= 0.3 is 0 Å². The molecular weight excluding hydrogens is 246 g/mol. The van der Waals surface area contributed by atoms with Crippen molar-refractivity contribution in [1.29, 1.82) is 0 Å². The molecule has 3 aromatic rings. The van der Waals surface area contributed by atoms with Crippen LogP contribution >= 0.6 is 11.6 Å². The van der Waals surface area contributed by atoms with E-state index in [1.165, 1.54) is 0 Å². The molecule has 0 aliphatic rings. The quantitative estimate of drug-likeness (QED) is 0.718. The van der Waals surface area contributed by atoms with Crippen LogP contribution in [0.4, 0.5) is 0 Å². The highest BCUT2D eigenvalue weighted by atomic mass is 35.5. The minimum Gasteiger partial charge on any atom is -0.336 e. The van der Waals surface area contributed by atoms with Crippen LogP contribution in [0, 0.1) is 13.8 Å². The molecule has 1 N–H and O–H groups in total. The van der Waals surface area contributed by atoms with Gasteiger partial charge in [0.05, 0.1) is 5.52 Å². The first kappa shape index (κ1) is 11.2. The second kappa shape index (κ2) is 4.10. The molecule has 0 atom stereocenters. The smallest absolute Gasteiger partial charge is 0.178 e. The van der Waals surface area contributed by atoms with E-state index >= 15 is 0 Å². The zero-order chi connectivity index (χ0) is 12.7. The molecule has 2 aromatic heterocycles. The number of halogens is 1. The van der Waals surface area contributed by atoms with Crippen molar-refractivity contribution in [3.05, 3.63) is 46.6 Å². The molecule has 0 fully saturated rings. The van der Waals surface area contributed by atoms with Crippen LogP contribution < -0.4 is 0 Å². The van der Waals surface area contributed by atoms with E-state index in [1.807, 2.05) is 38.1 Å². The summed E-state index contributed by atoms with van der Waals surface area (Å²) in [4.78, 5) is 12.1. The van der Waals surface area contributed by atoms with E-state index in [1.54, 1.807) is 6.20 Å². The number of hydrogen-bond donors (Lipinski definition) is 1. The van der Waals surface area contributed by atoms with Crippen LogP contribution in [0.2, 0.25) is 5.02 Å². The molecule has 0 spiro atoms. The number of fused-ring (bicyclic) bond motifs is 1. The molecule has 18 heavy (non-hydrogen) atoms. The van der Waals surface area contributed by atoms with E-state index in [0.29, 0.717) is 0 Å². The van der Waals surface area contributed by atoms with Crippen LogP contribution in [0.25, 0.3) is 22.6 Å². The fraction of sp³-hybridized carbons (Fsp3) is 0.143. The van der Waals surface area contributed by atoms with E-state index in [0.717, 1.165) is 38.7 Å². The van der Waals surface area contributed by atoms with Crippen molar-refractivity contribution in [2.75, 3.05) is 0 Å². The summed E-state index contributed by atoms with van der Waals surface area (Å²) in [6, 6.07) is 7.76. The van der Waals surface area contributed by atoms with Crippen LogP contribution in [0.15, 0.2) is 30.5 Å². The SMILES string of the molecule is Cc1cc(Cl)ccc1-c1nc2nccc(C)c2[nH]1. The van der Waals surface area contributed by atoms with Gasteiger partial charge in [-0.2, -0.15) is 0 Å². The number of imidazole rings is 1. The molecule has 4 heteroatoms. The molecule has 0 saturated carbocycles. The Morgan fingerprint density at radius 3 is 2.67 bits per heavy atom. The maximum absolute atomic E-state index is 5.97. The zero-order valence-corrected chi connectivity index (χ0v) is 10.9. The number of benzene rings is 1. The molecule has 0 unspecified atom stereocenters. The van der Waals surface area contributed by atoms with E-state index in [4.69, 9.17) is 11.6 Å². The highest BCUT2D eigenvalue weighted by molar-refractivity contribution is 6.30. The Balaban J connectivity index is 2.23. The molecule has 3 nitrogen and oxygen atoms in total. The topological polar surface area (TPSA) is 41.6 Å². The van der Waals surface area contributed by atoms with Crippen molar-refractivity contribution in [3.63, 3.8) is 0 Å². The number of aromatic amines is 1. The largest absolute Gasteiger partial charge is 0.336 e. The van der Waals surface area contributed by atoms with E-state index in [-0.39, 0.29) is 0 Å². The van der Waals surface area contributed by atoms with E-state index in [2.05, 4.69) is 15.0 Å². The monoisotopic (exact) mass is 257 g/mol. The molecule has 2 heterocycles. The molecule has 0 saturated heterocycles. The highest BCUT2D eigenvalue weighted by Gasteiger charge is 2.09. The minimum atomic E-state index is 0.738. The van der Waals surface area contributed by atoms with Gasteiger partial charge in [-0.3, -0.25) is 0 Å². The molecule has 90 valence electrons. The number of nitrogens with one attached hydrogen (secondary N) is 1. The fourth-order valence-corrected chi connectivity index (χ4v) is 2.28. The zero-order valence-electron chi connectivity index (χ0n) is 10.2. The Morgan fingerprint density at radius 2 is 1.94 bits per heavy atom. The lowest BCUT2D eigenvalue weighted by molar-refractivity contribution is 1.28. The first-order valence-corrected chi connectivity index (χ1v) is 6.11. The van der Waals surface area contributed by atoms with Gasteiger partial charge in [-0.05, 0) is 49.2 Å². The molecule has 0 bridgehead atoms. The van der Waals surface area contributed by atoms with Gasteiger partial charge in [0.1, 0.15) is 5.82 Å². The Bertz CT molecular complexity index is 731.